The molecule has 2 N–H and O–H groups in total. The Labute approximate surface area is 148 Å². The van der Waals surface area contributed by atoms with Crippen LogP contribution < -0.4 is 15.4 Å². The second-order valence-electron chi connectivity index (χ2n) is 5.83. The Morgan fingerprint density at radius 2 is 1.72 bits per heavy atom. The molecule has 0 aliphatic heterocycles. The van der Waals surface area contributed by atoms with Crippen LogP contribution in [-0.2, 0) is 11.3 Å². The number of rotatable bonds is 8. The molecule has 1 atom stereocenters. The normalized spacial score (nSPS) is 11.4. The van der Waals surface area contributed by atoms with Gasteiger partial charge in [0, 0.05) is 12.6 Å². The van der Waals surface area contributed by atoms with Crippen molar-refractivity contribution in [3.8, 4) is 5.75 Å². The highest BCUT2D eigenvalue weighted by molar-refractivity contribution is 5.97. The van der Waals surface area contributed by atoms with E-state index in [0.29, 0.717) is 17.9 Å². The van der Waals surface area contributed by atoms with Gasteiger partial charge in [0.25, 0.3) is 11.8 Å². The Kier molecular flexibility index (Phi) is 7.01. The molecule has 25 heavy (non-hydrogen) atoms. The molecular weight excluding hydrogens is 316 g/mol. The molecule has 0 spiro atoms. The minimum absolute atomic E-state index is 0.0977. The first kappa shape index (κ1) is 18.5. The number of para-hydroxylation sites is 1. The van der Waals surface area contributed by atoms with Gasteiger partial charge in [-0.1, -0.05) is 49.4 Å². The van der Waals surface area contributed by atoms with Crippen LogP contribution >= 0.6 is 0 Å². The summed E-state index contributed by atoms with van der Waals surface area (Å²) in [5.74, 6) is -0.0389. The molecule has 0 saturated carbocycles. The van der Waals surface area contributed by atoms with E-state index < -0.39 is 0 Å². The van der Waals surface area contributed by atoms with E-state index in [9.17, 15) is 9.59 Å². The second-order valence-corrected chi connectivity index (χ2v) is 5.83. The van der Waals surface area contributed by atoms with E-state index in [4.69, 9.17) is 4.74 Å². The van der Waals surface area contributed by atoms with Crippen molar-refractivity contribution < 1.29 is 14.3 Å². The van der Waals surface area contributed by atoms with Crippen molar-refractivity contribution in [2.45, 2.75) is 32.9 Å². The van der Waals surface area contributed by atoms with Crippen LogP contribution in [0.1, 0.15) is 36.2 Å². The molecule has 132 valence electrons. The Balaban J connectivity index is 1.95. The maximum atomic E-state index is 12.4. The van der Waals surface area contributed by atoms with Gasteiger partial charge < -0.3 is 15.4 Å². The Bertz CT molecular complexity index is 701. The van der Waals surface area contributed by atoms with Crippen molar-refractivity contribution in [3.05, 3.63) is 65.7 Å². The summed E-state index contributed by atoms with van der Waals surface area (Å²) in [4.78, 5) is 24.3. The molecule has 0 aromatic heterocycles. The van der Waals surface area contributed by atoms with Gasteiger partial charge in [0.1, 0.15) is 5.75 Å². The fraction of sp³-hybridized carbons (Fsp3) is 0.300. The van der Waals surface area contributed by atoms with Crippen LogP contribution in [0.25, 0.3) is 0 Å². The fourth-order valence-corrected chi connectivity index (χ4v) is 2.22. The summed E-state index contributed by atoms with van der Waals surface area (Å²) >= 11 is 0. The predicted molar refractivity (Wildman–Crippen MR) is 97.4 cm³/mol. The lowest BCUT2D eigenvalue weighted by Crippen LogP contribution is -2.35. The van der Waals surface area contributed by atoms with Crippen LogP contribution in [0.5, 0.6) is 5.75 Å². The van der Waals surface area contributed by atoms with E-state index in [0.717, 1.165) is 12.0 Å². The number of hydrogen-bond donors (Lipinski definition) is 2. The molecule has 0 radical (unpaired) electrons. The van der Waals surface area contributed by atoms with Crippen LogP contribution in [0.2, 0.25) is 0 Å². The zero-order valence-corrected chi connectivity index (χ0v) is 14.6. The minimum Gasteiger partial charge on any atom is -0.483 e. The van der Waals surface area contributed by atoms with Crippen molar-refractivity contribution in [2.75, 3.05) is 6.61 Å². The van der Waals surface area contributed by atoms with Gasteiger partial charge in [0.05, 0.1) is 5.56 Å². The maximum Gasteiger partial charge on any atom is 0.258 e. The van der Waals surface area contributed by atoms with Crippen LogP contribution in [0.4, 0.5) is 0 Å². The number of carbonyl (C=O) groups is 2. The van der Waals surface area contributed by atoms with E-state index in [2.05, 4.69) is 10.6 Å². The first-order chi connectivity index (χ1) is 12.1. The van der Waals surface area contributed by atoms with Gasteiger partial charge in [-0.05, 0) is 31.0 Å². The van der Waals surface area contributed by atoms with Crippen molar-refractivity contribution in [2.24, 2.45) is 0 Å². The molecule has 0 unspecified atom stereocenters. The third kappa shape index (κ3) is 5.95. The lowest BCUT2D eigenvalue weighted by atomic mass is 10.1. The number of hydrogen-bond acceptors (Lipinski definition) is 3. The van der Waals surface area contributed by atoms with E-state index in [1.54, 1.807) is 24.3 Å². The molecule has 0 aliphatic carbocycles. The van der Waals surface area contributed by atoms with Gasteiger partial charge in [-0.2, -0.15) is 0 Å². The molecule has 2 amide bonds. The van der Waals surface area contributed by atoms with Crippen LogP contribution in [0, 0.1) is 0 Å². The summed E-state index contributed by atoms with van der Waals surface area (Å²) in [6.45, 7) is 4.25. The van der Waals surface area contributed by atoms with Crippen molar-refractivity contribution in [1.29, 1.82) is 0 Å². The molecular formula is C20H24N2O3. The molecule has 5 nitrogen and oxygen atoms in total. The lowest BCUT2D eigenvalue weighted by molar-refractivity contribution is -0.123. The van der Waals surface area contributed by atoms with Gasteiger partial charge in [0.15, 0.2) is 6.61 Å². The SMILES string of the molecule is CC[C@H](C)NC(=O)COc1ccccc1C(=O)NCc1ccccc1. The molecule has 0 saturated heterocycles. The summed E-state index contributed by atoms with van der Waals surface area (Å²) in [6, 6.07) is 16.7. The van der Waals surface area contributed by atoms with E-state index >= 15 is 0 Å². The Hall–Kier alpha value is -2.82. The summed E-state index contributed by atoms with van der Waals surface area (Å²) in [7, 11) is 0. The maximum absolute atomic E-state index is 12.4. The summed E-state index contributed by atoms with van der Waals surface area (Å²) in [6.07, 6.45) is 0.851. The van der Waals surface area contributed by atoms with E-state index in [1.807, 2.05) is 44.2 Å². The fourth-order valence-electron chi connectivity index (χ4n) is 2.22. The summed E-state index contributed by atoms with van der Waals surface area (Å²) < 4.78 is 5.54. The molecule has 5 heteroatoms. The summed E-state index contributed by atoms with van der Waals surface area (Å²) in [5, 5.41) is 5.70. The third-order valence-electron chi connectivity index (χ3n) is 3.81. The number of ether oxygens (including phenoxy) is 1. The van der Waals surface area contributed by atoms with Gasteiger partial charge in [-0.25, -0.2) is 0 Å². The zero-order chi connectivity index (χ0) is 18.1. The predicted octanol–water partition coefficient (Wildman–Crippen LogP) is 2.91. The molecule has 2 aromatic carbocycles. The van der Waals surface area contributed by atoms with Crippen molar-refractivity contribution in [1.82, 2.24) is 10.6 Å². The summed E-state index contributed by atoms with van der Waals surface area (Å²) in [5.41, 5.74) is 1.43. The number of carbonyl (C=O) groups excluding carboxylic acids is 2. The van der Waals surface area contributed by atoms with Gasteiger partial charge in [-0.3, -0.25) is 9.59 Å². The molecule has 0 heterocycles. The van der Waals surface area contributed by atoms with Crippen LogP contribution in [-0.4, -0.2) is 24.5 Å². The number of benzene rings is 2. The van der Waals surface area contributed by atoms with Crippen molar-refractivity contribution in [3.63, 3.8) is 0 Å². The Morgan fingerprint density at radius 1 is 1.04 bits per heavy atom. The minimum atomic E-state index is -0.234. The Morgan fingerprint density at radius 3 is 2.44 bits per heavy atom. The van der Waals surface area contributed by atoms with Crippen LogP contribution in [0.15, 0.2) is 54.6 Å². The molecule has 0 bridgehead atoms. The topological polar surface area (TPSA) is 67.4 Å². The first-order valence-corrected chi connectivity index (χ1v) is 8.43. The molecule has 0 aliphatic rings. The average molecular weight is 340 g/mol. The quantitative estimate of drug-likeness (QED) is 0.776. The number of nitrogens with one attached hydrogen (secondary N) is 2. The average Bonchev–Trinajstić information content (AvgIpc) is 2.65. The van der Waals surface area contributed by atoms with E-state index in [1.165, 1.54) is 0 Å². The van der Waals surface area contributed by atoms with Gasteiger partial charge >= 0.3 is 0 Å². The largest absolute Gasteiger partial charge is 0.483 e. The second kappa shape index (κ2) is 9.47. The molecule has 0 fully saturated rings. The molecule has 2 rings (SSSR count). The molecule has 2 aromatic rings. The highest BCUT2D eigenvalue weighted by Gasteiger charge is 2.13. The van der Waals surface area contributed by atoms with Crippen LogP contribution in [0.3, 0.4) is 0 Å². The highest BCUT2D eigenvalue weighted by Crippen LogP contribution is 2.18. The highest BCUT2D eigenvalue weighted by atomic mass is 16.5. The standard InChI is InChI=1S/C20H24N2O3/c1-3-15(2)22-19(23)14-25-18-12-8-7-11-17(18)20(24)21-13-16-9-5-4-6-10-16/h4-12,15H,3,13-14H2,1-2H3,(H,21,24)(H,22,23)/t15-/m0/s1. The first-order valence-electron chi connectivity index (χ1n) is 8.43. The zero-order valence-electron chi connectivity index (χ0n) is 14.6. The smallest absolute Gasteiger partial charge is 0.258 e. The third-order valence-corrected chi connectivity index (χ3v) is 3.81. The van der Waals surface area contributed by atoms with E-state index in [-0.39, 0.29) is 24.5 Å². The monoisotopic (exact) mass is 340 g/mol. The van der Waals surface area contributed by atoms with Gasteiger partial charge in [0.2, 0.25) is 0 Å². The number of amides is 2. The van der Waals surface area contributed by atoms with Gasteiger partial charge in [-0.15, -0.1) is 0 Å². The van der Waals surface area contributed by atoms with Crippen molar-refractivity contribution >= 4 is 11.8 Å². The lowest BCUT2D eigenvalue weighted by Gasteiger charge is -2.14.